The Kier molecular flexibility index (Phi) is 8.04. The van der Waals surface area contributed by atoms with Crippen LogP contribution in [-0.4, -0.2) is 47.8 Å². The standard InChI is InChI=1S/C28H33N5O3S3/c1-16(2)30-28(37)33-19-6-4-18(5-7-19)27-29-15-25(38-27)24-11-10-22(31-17(3)34)14-26(24)39(35,36)23-12-20-8-9-21(13-23)32-20/h4-7,10-11,14-16,20-21,23,32H,8-9,12-13H2,1-3H3,(H,31,34)(H2,30,33,37). The molecule has 206 valence electrons. The molecule has 0 spiro atoms. The van der Waals surface area contributed by atoms with Gasteiger partial charge in [0.05, 0.1) is 15.0 Å². The van der Waals surface area contributed by atoms with Crippen LogP contribution in [-0.2, 0) is 14.6 Å². The lowest BCUT2D eigenvalue weighted by Gasteiger charge is -2.29. The Bertz CT molecular complexity index is 1470. The highest BCUT2D eigenvalue weighted by Gasteiger charge is 2.41. The van der Waals surface area contributed by atoms with Gasteiger partial charge in [-0.1, -0.05) is 6.07 Å². The van der Waals surface area contributed by atoms with E-state index < -0.39 is 15.1 Å². The largest absolute Gasteiger partial charge is 0.360 e. The highest BCUT2D eigenvalue weighted by Crippen LogP contribution is 2.41. The number of sulfone groups is 1. The molecule has 2 unspecified atom stereocenters. The number of piperidine rings is 1. The Morgan fingerprint density at radius 1 is 1.05 bits per heavy atom. The van der Waals surface area contributed by atoms with Gasteiger partial charge in [0.15, 0.2) is 14.9 Å². The summed E-state index contributed by atoms with van der Waals surface area (Å²) >= 11 is 6.77. The van der Waals surface area contributed by atoms with Crippen molar-refractivity contribution < 1.29 is 13.2 Å². The van der Waals surface area contributed by atoms with E-state index in [1.807, 2.05) is 38.1 Å². The van der Waals surface area contributed by atoms with Gasteiger partial charge in [-0.3, -0.25) is 4.79 Å². The molecule has 2 saturated heterocycles. The minimum atomic E-state index is -3.65. The molecule has 1 amide bonds. The van der Waals surface area contributed by atoms with E-state index in [9.17, 15) is 13.2 Å². The average molecular weight is 584 g/mol. The predicted octanol–water partition coefficient (Wildman–Crippen LogP) is 5.19. The van der Waals surface area contributed by atoms with Gasteiger partial charge in [-0.05, 0) is 88.1 Å². The maximum absolute atomic E-state index is 14.0. The lowest BCUT2D eigenvalue weighted by atomic mass is 10.1. The summed E-state index contributed by atoms with van der Waals surface area (Å²) < 4.78 is 28.1. The van der Waals surface area contributed by atoms with Gasteiger partial charge in [-0.15, -0.1) is 11.3 Å². The number of anilines is 2. The van der Waals surface area contributed by atoms with Crippen LogP contribution in [0, 0.1) is 0 Å². The second-order valence-electron chi connectivity index (χ2n) is 10.5. The maximum Gasteiger partial charge on any atom is 0.221 e. The second kappa shape index (κ2) is 11.3. The van der Waals surface area contributed by atoms with E-state index in [2.05, 4.69) is 26.3 Å². The number of fused-ring (bicyclic) bond motifs is 2. The summed E-state index contributed by atoms with van der Waals surface area (Å²) in [6, 6.07) is 13.7. The average Bonchev–Trinajstić information content (AvgIpc) is 3.49. The summed E-state index contributed by atoms with van der Waals surface area (Å²) in [6.45, 7) is 5.46. The third kappa shape index (κ3) is 6.32. The number of hydrogen-bond donors (Lipinski definition) is 4. The molecule has 8 nitrogen and oxygen atoms in total. The van der Waals surface area contributed by atoms with Gasteiger partial charge in [-0.2, -0.15) is 0 Å². The summed E-state index contributed by atoms with van der Waals surface area (Å²) in [4.78, 5) is 17.4. The van der Waals surface area contributed by atoms with E-state index in [0.29, 0.717) is 29.2 Å². The van der Waals surface area contributed by atoms with E-state index in [1.165, 1.54) is 18.3 Å². The summed E-state index contributed by atoms with van der Waals surface area (Å²) in [5, 5.41) is 13.5. The Morgan fingerprint density at radius 3 is 2.36 bits per heavy atom. The van der Waals surface area contributed by atoms with Gasteiger partial charge in [-0.25, -0.2) is 13.4 Å². The molecule has 0 radical (unpaired) electrons. The molecule has 2 bridgehead atoms. The van der Waals surface area contributed by atoms with E-state index in [4.69, 9.17) is 12.2 Å². The van der Waals surface area contributed by atoms with Gasteiger partial charge < -0.3 is 21.3 Å². The third-order valence-corrected chi connectivity index (χ3v) is 10.6. The van der Waals surface area contributed by atoms with Crippen LogP contribution in [0.15, 0.2) is 53.6 Å². The van der Waals surface area contributed by atoms with Gasteiger partial charge in [0.1, 0.15) is 5.01 Å². The Balaban J connectivity index is 1.44. The van der Waals surface area contributed by atoms with Crippen LogP contribution in [0.3, 0.4) is 0 Å². The first kappa shape index (κ1) is 27.7. The van der Waals surface area contributed by atoms with Gasteiger partial charge in [0.25, 0.3) is 0 Å². The number of benzene rings is 2. The molecule has 2 aliphatic rings. The SMILES string of the molecule is CC(=O)Nc1ccc(-c2cnc(-c3ccc(NC(=S)NC(C)C)cc3)s2)c(S(=O)(=O)C2CC3CCC(C2)N3)c1. The Labute approximate surface area is 238 Å². The van der Waals surface area contributed by atoms with Gasteiger partial charge >= 0.3 is 0 Å². The quantitative estimate of drug-likeness (QED) is 0.281. The highest BCUT2D eigenvalue weighted by molar-refractivity contribution is 7.92. The molecule has 0 saturated carbocycles. The lowest BCUT2D eigenvalue weighted by Crippen LogP contribution is -2.43. The Morgan fingerprint density at radius 2 is 1.72 bits per heavy atom. The number of carbonyl (C=O) groups is 1. The Hall–Kier alpha value is -2.86. The number of nitrogens with one attached hydrogen (secondary N) is 4. The van der Waals surface area contributed by atoms with Crippen LogP contribution < -0.4 is 21.3 Å². The molecule has 2 aromatic carbocycles. The van der Waals surface area contributed by atoms with Crippen molar-refractivity contribution in [1.29, 1.82) is 0 Å². The first-order valence-corrected chi connectivity index (χ1v) is 15.9. The van der Waals surface area contributed by atoms with Crippen LogP contribution >= 0.6 is 23.6 Å². The number of rotatable bonds is 7. The molecule has 2 fully saturated rings. The first-order valence-electron chi connectivity index (χ1n) is 13.1. The number of aromatic nitrogens is 1. The molecule has 11 heteroatoms. The van der Waals surface area contributed by atoms with Crippen molar-refractivity contribution in [2.24, 2.45) is 0 Å². The van der Waals surface area contributed by atoms with Crippen LogP contribution in [0.1, 0.15) is 46.5 Å². The molecule has 39 heavy (non-hydrogen) atoms. The van der Waals surface area contributed by atoms with Crippen LogP contribution in [0.5, 0.6) is 0 Å². The predicted molar refractivity (Wildman–Crippen MR) is 162 cm³/mol. The maximum atomic E-state index is 14.0. The molecular formula is C28H33N5O3S3. The first-order chi connectivity index (χ1) is 18.6. The molecule has 2 atom stereocenters. The third-order valence-electron chi connectivity index (χ3n) is 7.06. The minimum Gasteiger partial charge on any atom is -0.360 e. The molecule has 0 aliphatic carbocycles. The molecule has 3 aromatic rings. The molecule has 4 N–H and O–H groups in total. The zero-order valence-corrected chi connectivity index (χ0v) is 24.6. The number of thiazole rings is 1. The summed E-state index contributed by atoms with van der Waals surface area (Å²) in [6.07, 6.45) is 4.97. The minimum absolute atomic E-state index is 0.240. The van der Waals surface area contributed by atoms with Crippen molar-refractivity contribution in [3.8, 4) is 21.0 Å². The van der Waals surface area contributed by atoms with Crippen molar-refractivity contribution in [2.75, 3.05) is 10.6 Å². The molecule has 1 aromatic heterocycles. The topological polar surface area (TPSA) is 112 Å². The lowest BCUT2D eigenvalue weighted by molar-refractivity contribution is -0.114. The van der Waals surface area contributed by atoms with Crippen LogP contribution in [0.25, 0.3) is 21.0 Å². The number of amides is 1. The zero-order chi connectivity index (χ0) is 27.7. The zero-order valence-electron chi connectivity index (χ0n) is 22.2. The normalized spacial score (nSPS) is 20.6. The van der Waals surface area contributed by atoms with E-state index in [0.717, 1.165) is 34.0 Å². The van der Waals surface area contributed by atoms with Crippen LogP contribution in [0.2, 0.25) is 0 Å². The van der Waals surface area contributed by atoms with E-state index in [1.54, 1.807) is 24.4 Å². The number of thiocarbonyl (C=S) groups is 1. The van der Waals surface area contributed by atoms with E-state index in [-0.39, 0.29) is 28.9 Å². The summed E-state index contributed by atoms with van der Waals surface area (Å²) in [5.41, 5.74) is 2.88. The highest BCUT2D eigenvalue weighted by atomic mass is 32.2. The summed E-state index contributed by atoms with van der Waals surface area (Å²) in [5.74, 6) is -0.246. The van der Waals surface area contributed by atoms with Crippen LogP contribution in [0.4, 0.5) is 11.4 Å². The van der Waals surface area contributed by atoms with Gasteiger partial charge in [0, 0.05) is 53.7 Å². The van der Waals surface area contributed by atoms with Crippen molar-refractivity contribution >= 4 is 55.8 Å². The smallest absolute Gasteiger partial charge is 0.221 e. The fraction of sp³-hybridized carbons (Fsp3) is 0.393. The van der Waals surface area contributed by atoms with Crippen molar-refractivity contribution in [3.63, 3.8) is 0 Å². The van der Waals surface area contributed by atoms with Crippen molar-refractivity contribution in [3.05, 3.63) is 48.7 Å². The second-order valence-corrected chi connectivity index (χ2v) is 14.2. The number of carbonyl (C=O) groups excluding carboxylic acids is 1. The van der Waals surface area contributed by atoms with Crippen molar-refractivity contribution in [1.82, 2.24) is 15.6 Å². The molecule has 3 heterocycles. The van der Waals surface area contributed by atoms with Gasteiger partial charge in [0.2, 0.25) is 5.91 Å². The van der Waals surface area contributed by atoms with E-state index >= 15 is 0 Å². The molecule has 2 aliphatic heterocycles. The number of hydrogen-bond acceptors (Lipinski definition) is 7. The fourth-order valence-electron chi connectivity index (χ4n) is 5.34. The number of nitrogens with zero attached hydrogens (tertiary/aromatic N) is 1. The fourth-order valence-corrected chi connectivity index (χ4v) is 8.82. The molecular weight excluding hydrogens is 551 g/mol. The monoisotopic (exact) mass is 583 g/mol. The van der Waals surface area contributed by atoms with Crippen molar-refractivity contribution in [2.45, 2.75) is 74.7 Å². The summed E-state index contributed by atoms with van der Waals surface area (Å²) in [7, 11) is -3.65. The molecule has 5 rings (SSSR count).